The Balaban J connectivity index is 2.58. The van der Waals surface area contributed by atoms with Gasteiger partial charge >= 0.3 is 6.03 Å². The second-order valence-electron chi connectivity index (χ2n) is 4.06. The summed E-state index contributed by atoms with van der Waals surface area (Å²) in [6.07, 6.45) is 4.39. The van der Waals surface area contributed by atoms with E-state index in [2.05, 4.69) is 15.6 Å². The number of hydrogen-bond acceptors (Lipinski definition) is 3. The molecule has 0 bridgehead atoms. The summed E-state index contributed by atoms with van der Waals surface area (Å²) in [4.78, 5) is 25.5. The van der Waals surface area contributed by atoms with Crippen molar-refractivity contribution in [2.24, 2.45) is 0 Å². The van der Waals surface area contributed by atoms with Crippen LogP contribution in [0.5, 0.6) is 0 Å². The van der Waals surface area contributed by atoms with Crippen molar-refractivity contribution in [1.29, 1.82) is 0 Å². The van der Waals surface area contributed by atoms with Crippen molar-refractivity contribution in [1.82, 2.24) is 10.3 Å². The lowest BCUT2D eigenvalue weighted by molar-refractivity contribution is 0.249. The van der Waals surface area contributed by atoms with Crippen LogP contribution in [0, 0.1) is 6.92 Å². The molecule has 1 rings (SSSR count). The van der Waals surface area contributed by atoms with Gasteiger partial charge in [0.1, 0.15) is 0 Å². The number of urea groups is 1. The van der Waals surface area contributed by atoms with Crippen LogP contribution >= 0.6 is 11.8 Å². The maximum Gasteiger partial charge on any atom is 0.319 e. The van der Waals surface area contributed by atoms with Gasteiger partial charge in [-0.1, -0.05) is 6.92 Å². The van der Waals surface area contributed by atoms with E-state index >= 15 is 0 Å². The van der Waals surface area contributed by atoms with Crippen molar-refractivity contribution in [2.75, 3.05) is 17.3 Å². The van der Waals surface area contributed by atoms with Crippen LogP contribution in [-0.4, -0.2) is 29.1 Å². The molecule has 1 unspecified atom stereocenters. The Kier molecular flexibility index (Phi) is 5.77. The average Bonchev–Trinajstić information content (AvgIpc) is 2.33. The van der Waals surface area contributed by atoms with Crippen LogP contribution in [0.25, 0.3) is 0 Å². The van der Waals surface area contributed by atoms with E-state index in [4.69, 9.17) is 0 Å². The van der Waals surface area contributed by atoms with Gasteiger partial charge in [0.2, 0.25) is 0 Å². The molecule has 0 saturated heterocycles. The molecule has 3 N–H and O–H groups in total. The van der Waals surface area contributed by atoms with E-state index < -0.39 is 0 Å². The van der Waals surface area contributed by atoms with E-state index in [-0.39, 0.29) is 17.6 Å². The first-order valence-corrected chi connectivity index (χ1v) is 7.22. The molecule has 2 amide bonds. The molecule has 100 valence electrons. The van der Waals surface area contributed by atoms with Crippen LogP contribution < -0.4 is 16.2 Å². The molecular formula is C12H19N3O2S. The number of carbonyl (C=O) groups is 1. The summed E-state index contributed by atoms with van der Waals surface area (Å²) in [5, 5.41) is 5.59. The molecule has 1 atom stereocenters. The molecule has 0 radical (unpaired) electrons. The number of amides is 2. The Labute approximate surface area is 111 Å². The topological polar surface area (TPSA) is 74.0 Å². The standard InChI is InChI=1S/C12H19N3O2S/c1-4-9(7-18-3)14-12(17)15-10-5-8(2)11(16)13-6-10/h5-6,9H,4,7H2,1-3H3,(H,13,16)(H2,14,15,17). The van der Waals surface area contributed by atoms with Crippen molar-refractivity contribution in [2.45, 2.75) is 26.3 Å². The molecule has 0 aliphatic carbocycles. The lowest BCUT2D eigenvalue weighted by Gasteiger charge is -2.16. The number of hydrogen-bond donors (Lipinski definition) is 3. The predicted octanol–water partition coefficient (Wildman–Crippen LogP) is 1.95. The van der Waals surface area contributed by atoms with Gasteiger partial charge in [-0.15, -0.1) is 0 Å². The summed E-state index contributed by atoms with van der Waals surface area (Å²) in [6.45, 7) is 3.73. The fourth-order valence-corrected chi connectivity index (χ4v) is 2.21. The minimum Gasteiger partial charge on any atom is -0.334 e. The van der Waals surface area contributed by atoms with Gasteiger partial charge in [0.15, 0.2) is 0 Å². The normalized spacial score (nSPS) is 11.9. The van der Waals surface area contributed by atoms with Crippen molar-refractivity contribution in [3.05, 3.63) is 28.2 Å². The van der Waals surface area contributed by atoms with Crippen LogP contribution in [0.3, 0.4) is 0 Å². The molecule has 0 spiro atoms. The first-order chi connectivity index (χ1) is 8.56. The second kappa shape index (κ2) is 7.10. The molecule has 0 aromatic carbocycles. The Morgan fingerprint density at radius 3 is 2.83 bits per heavy atom. The summed E-state index contributed by atoms with van der Waals surface area (Å²) >= 11 is 1.70. The van der Waals surface area contributed by atoms with Gasteiger partial charge in [-0.2, -0.15) is 11.8 Å². The van der Waals surface area contributed by atoms with E-state index in [0.29, 0.717) is 11.3 Å². The molecule has 1 heterocycles. The molecule has 0 fully saturated rings. The van der Waals surface area contributed by atoms with E-state index in [0.717, 1.165) is 12.2 Å². The highest BCUT2D eigenvalue weighted by molar-refractivity contribution is 7.98. The quantitative estimate of drug-likeness (QED) is 0.765. The lowest BCUT2D eigenvalue weighted by Crippen LogP contribution is -2.39. The van der Waals surface area contributed by atoms with Gasteiger partial charge in [-0.3, -0.25) is 4.79 Å². The Morgan fingerprint density at radius 1 is 1.56 bits per heavy atom. The number of rotatable bonds is 5. The monoisotopic (exact) mass is 269 g/mol. The SMILES string of the molecule is CCC(CSC)NC(=O)Nc1c[nH]c(=O)c(C)c1. The maximum absolute atomic E-state index is 11.7. The molecule has 0 aliphatic rings. The van der Waals surface area contributed by atoms with Gasteiger partial charge in [-0.25, -0.2) is 4.79 Å². The summed E-state index contributed by atoms with van der Waals surface area (Å²) < 4.78 is 0. The van der Waals surface area contributed by atoms with E-state index in [1.165, 1.54) is 6.20 Å². The highest BCUT2D eigenvalue weighted by Gasteiger charge is 2.09. The first kappa shape index (κ1) is 14.6. The van der Waals surface area contributed by atoms with E-state index in [1.807, 2.05) is 13.2 Å². The predicted molar refractivity (Wildman–Crippen MR) is 76.4 cm³/mol. The molecule has 1 aromatic heterocycles. The number of H-pyrrole nitrogens is 1. The minimum absolute atomic E-state index is 0.144. The molecule has 1 aromatic rings. The molecule has 18 heavy (non-hydrogen) atoms. The zero-order valence-corrected chi connectivity index (χ0v) is 11.7. The number of aromatic nitrogens is 1. The van der Waals surface area contributed by atoms with Crippen LogP contribution in [0.2, 0.25) is 0 Å². The number of carbonyl (C=O) groups excluding carboxylic acids is 1. The second-order valence-corrected chi connectivity index (χ2v) is 4.97. The van der Waals surface area contributed by atoms with Gasteiger partial charge in [-0.05, 0) is 25.7 Å². The summed E-state index contributed by atoms with van der Waals surface area (Å²) in [5.41, 5.74) is 1.02. The van der Waals surface area contributed by atoms with Gasteiger partial charge in [0.25, 0.3) is 5.56 Å². The zero-order valence-electron chi connectivity index (χ0n) is 10.9. The van der Waals surface area contributed by atoms with Crippen molar-refractivity contribution in [3.63, 3.8) is 0 Å². The maximum atomic E-state index is 11.7. The van der Waals surface area contributed by atoms with Crippen molar-refractivity contribution in [3.8, 4) is 0 Å². The molecule has 5 nitrogen and oxygen atoms in total. The molecule has 6 heteroatoms. The number of thioether (sulfide) groups is 1. The van der Waals surface area contributed by atoms with E-state index in [1.54, 1.807) is 24.8 Å². The fourth-order valence-electron chi connectivity index (χ4n) is 1.49. The third-order valence-corrected chi connectivity index (χ3v) is 3.28. The van der Waals surface area contributed by atoms with Crippen molar-refractivity contribution < 1.29 is 4.79 Å². The van der Waals surface area contributed by atoms with Crippen LogP contribution in [0.1, 0.15) is 18.9 Å². The number of anilines is 1. The largest absolute Gasteiger partial charge is 0.334 e. The average molecular weight is 269 g/mol. The highest BCUT2D eigenvalue weighted by atomic mass is 32.2. The van der Waals surface area contributed by atoms with Gasteiger partial charge in [0, 0.05) is 23.6 Å². The molecule has 0 saturated carbocycles. The van der Waals surface area contributed by atoms with Crippen LogP contribution in [0.4, 0.5) is 10.5 Å². The summed E-state index contributed by atoms with van der Waals surface area (Å²) in [6, 6.07) is 1.56. The summed E-state index contributed by atoms with van der Waals surface area (Å²) in [7, 11) is 0. The zero-order chi connectivity index (χ0) is 13.5. The van der Waals surface area contributed by atoms with Crippen LogP contribution in [-0.2, 0) is 0 Å². The Morgan fingerprint density at radius 2 is 2.28 bits per heavy atom. The third-order valence-electron chi connectivity index (χ3n) is 2.54. The Hall–Kier alpha value is -1.43. The lowest BCUT2D eigenvalue weighted by atomic mass is 10.2. The third kappa shape index (κ3) is 4.44. The number of pyridine rings is 1. The molecular weight excluding hydrogens is 250 g/mol. The van der Waals surface area contributed by atoms with Gasteiger partial charge in [0.05, 0.1) is 5.69 Å². The smallest absolute Gasteiger partial charge is 0.319 e. The number of aromatic amines is 1. The minimum atomic E-state index is -0.248. The number of aryl methyl sites for hydroxylation is 1. The van der Waals surface area contributed by atoms with E-state index in [9.17, 15) is 9.59 Å². The molecule has 0 aliphatic heterocycles. The van der Waals surface area contributed by atoms with Gasteiger partial charge < -0.3 is 15.6 Å². The Bertz CT molecular complexity index is 459. The van der Waals surface area contributed by atoms with Crippen molar-refractivity contribution >= 4 is 23.5 Å². The summed E-state index contributed by atoms with van der Waals surface area (Å²) in [5.74, 6) is 0.884. The first-order valence-electron chi connectivity index (χ1n) is 5.82. The fraction of sp³-hybridized carbons (Fsp3) is 0.500. The van der Waals surface area contributed by atoms with Crippen LogP contribution in [0.15, 0.2) is 17.1 Å². The number of nitrogens with one attached hydrogen (secondary N) is 3. The highest BCUT2D eigenvalue weighted by Crippen LogP contribution is 2.05.